The molecule has 1 atom stereocenters. The largest absolute Gasteiger partial charge is 0.463 e. The van der Waals surface area contributed by atoms with Crippen molar-refractivity contribution in [3.05, 3.63) is 0 Å². The number of nitrogen functional groups attached to an aromatic ring is 1. The van der Waals surface area contributed by atoms with Crippen molar-refractivity contribution in [1.29, 1.82) is 0 Å². The van der Waals surface area contributed by atoms with E-state index >= 15 is 0 Å². The van der Waals surface area contributed by atoms with E-state index in [0.717, 1.165) is 19.3 Å². The molecule has 0 aromatic carbocycles. The molecule has 0 bridgehead atoms. The number of hydrogen-bond acceptors (Lipinski definition) is 8. The Kier molecular flexibility index (Phi) is 7.59. The highest BCUT2D eigenvalue weighted by atomic mass is 16.5. The summed E-state index contributed by atoms with van der Waals surface area (Å²) in [4.78, 5) is 12.3. The molecule has 8 nitrogen and oxygen atoms in total. The van der Waals surface area contributed by atoms with E-state index in [1.807, 2.05) is 6.92 Å². The van der Waals surface area contributed by atoms with Gasteiger partial charge in [0.2, 0.25) is 11.9 Å². The Balaban J connectivity index is 2.67. The second-order valence-corrected chi connectivity index (χ2v) is 4.43. The van der Waals surface area contributed by atoms with E-state index in [-0.39, 0.29) is 18.6 Å². The molecule has 8 heteroatoms. The molecule has 1 rings (SSSR count). The van der Waals surface area contributed by atoms with Crippen LogP contribution >= 0.6 is 0 Å². The standard InChI is InChI=1S/C12H24N6O2/c1-3-7-20-12-16-10(15-11(17-12)18-13)14-8-9(4-2)5-6-19/h9,19H,3-8,13H2,1-2H3,(H2,14,15,16,17,18). The van der Waals surface area contributed by atoms with E-state index in [1.165, 1.54) is 0 Å². The first-order valence-corrected chi connectivity index (χ1v) is 6.93. The SMILES string of the molecule is CCCOc1nc(NN)nc(NCC(CC)CCO)n1. The minimum Gasteiger partial charge on any atom is -0.463 e. The van der Waals surface area contributed by atoms with E-state index in [9.17, 15) is 0 Å². The average Bonchev–Trinajstić information content (AvgIpc) is 2.49. The molecule has 20 heavy (non-hydrogen) atoms. The smallest absolute Gasteiger partial charge is 0.323 e. The average molecular weight is 284 g/mol. The van der Waals surface area contributed by atoms with Crippen LogP contribution in [0, 0.1) is 5.92 Å². The molecule has 0 spiro atoms. The topological polar surface area (TPSA) is 118 Å². The first kappa shape index (κ1) is 16.4. The minimum absolute atomic E-state index is 0.178. The summed E-state index contributed by atoms with van der Waals surface area (Å²) in [5.41, 5.74) is 2.39. The lowest BCUT2D eigenvalue weighted by molar-refractivity contribution is 0.258. The number of aliphatic hydroxyl groups is 1. The number of nitrogens with one attached hydrogen (secondary N) is 2. The van der Waals surface area contributed by atoms with E-state index < -0.39 is 0 Å². The van der Waals surface area contributed by atoms with Crippen LogP contribution in [-0.4, -0.2) is 39.8 Å². The Morgan fingerprint density at radius 2 is 2.00 bits per heavy atom. The van der Waals surface area contributed by atoms with Gasteiger partial charge in [-0.25, -0.2) is 5.84 Å². The highest BCUT2D eigenvalue weighted by Gasteiger charge is 2.09. The van der Waals surface area contributed by atoms with Gasteiger partial charge < -0.3 is 15.2 Å². The summed E-state index contributed by atoms with van der Waals surface area (Å²) in [7, 11) is 0. The van der Waals surface area contributed by atoms with Crippen LogP contribution < -0.4 is 21.3 Å². The van der Waals surface area contributed by atoms with Gasteiger partial charge in [0.05, 0.1) is 6.61 Å². The number of hydrogen-bond donors (Lipinski definition) is 4. The third-order valence-corrected chi connectivity index (χ3v) is 2.84. The van der Waals surface area contributed by atoms with Gasteiger partial charge in [-0.15, -0.1) is 0 Å². The quantitative estimate of drug-likeness (QED) is 0.367. The minimum atomic E-state index is 0.178. The lowest BCUT2D eigenvalue weighted by Crippen LogP contribution is -2.19. The Bertz CT molecular complexity index is 390. The van der Waals surface area contributed by atoms with Crippen molar-refractivity contribution in [3.63, 3.8) is 0 Å². The summed E-state index contributed by atoms with van der Waals surface area (Å²) >= 11 is 0. The zero-order chi connectivity index (χ0) is 14.8. The van der Waals surface area contributed by atoms with Crippen LogP contribution in [0.15, 0.2) is 0 Å². The Morgan fingerprint density at radius 3 is 2.60 bits per heavy atom. The van der Waals surface area contributed by atoms with Gasteiger partial charge in [0.25, 0.3) is 0 Å². The van der Waals surface area contributed by atoms with E-state index in [2.05, 4.69) is 32.6 Å². The highest BCUT2D eigenvalue weighted by molar-refractivity contribution is 5.34. The van der Waals surface area contributed by atoms with Crippen LogP contribution in [0.1, 0.15) is 33.1 Å². The van der Waals surface area contributed by atoms with Gasteiger partial charge in [-0.1, -0.05) is 20.3 Å². The Labute approximate surface area is 119 Å². The van der Waals surface area contributed by atoms with Crippen molar-refractivity contribution in [2.45, 2.75) is 33.1 Å². The number of anilines is 2. The van der Waals surface area contributed by atoms with Gasteiger partial charge in [-0.3, -0.25) is 5.43 Å². The fraction of sp³-hybridized carbons (Fsp3) is 0.750. The van der Waals surface area contributed by atoms with E-state index in [4.69, 9.17) is 15.7 Å². The molecule has 1 aromatic rings. The normalized spacial score (nSPS) is 12.0. The molecule has 0 saturated carbocycles. The number of hydrazine groups is 1. The molecule has 1 heterocycles. The first-order chi connectivity index (χ1) is 9.73. The summed E-state index contributed by atoms with van der Waals surface area (Å²) < 4.78 is 5.38. The second-order valence-electron chi connectivity index (χ2n) is 4.43. The molecule has 0 aliphatic heterocycles. The summed E-state index contributed by atoms with van der Waals surface area (Å²) in [5.74, 6) is 6.36. The molecular formula is C12H24N6O2. The van der Waals surface area contributed by atoms with Gasteiger partial charge in [0.1, 0.15) is 0 Å². The van der Waals surface area contributed by atoms with Gasteiger partial charge in [0, 0.05) is 13.2 Å². The summed E-state index contributed by atoms with van der Waals surface area (Å²) in [6.07, 6.45) is 2.59. The number of nitrogens with two attached hydrogens (primary N) is 1. The Morgan fingerprint density at radius 1 is 1.25 bits per heavy atom. The second kappa shape index (κ2) is 9.27. The maximum absolute atomic E-state index is 8.97. The lowest BCUT2D eigenvalue weighted by atomic mass is 10.0. The van der Waals surface area contributed by atoms with Gasteiger partial charge in [0.15, 0.2) is 0 Å². The number of aliphatic hydroxyl groups excluding tert-OH is 1. The van der Waals surface area contributed by atoms with Crippen molar-refractivity contribution in [2.24, 2.45) is 11.8 Å². The molecule has 1 aromatic heterocycles. The predicted molar refractivity (Wildman–Crippen MR) is 77.4 cm³/mol. The molecule has 1 unspecified atom stereocenters. The van der Waals surface area contributed by atoms with Gasteiger partial charge >= 0.3 is 6.01 Å². The number of ether oxygens (including phenoxy) is 1. The van der Waals surface area contributed by atoms with Crippen molar-refractivity contribution >= 4 is 11.9 Å². The van der Waals surface area contributed by atoms with Crippen molar-refractivity contribution in [2.75, 3.05) is 30.5 Å². The van der Waals surface area contributed by atoms with Gasteiger partial charge in [-0.05, 0) is 18.8 Å². The van der Waals surface area contributed by atoms with Crippen LogP contribution in [0.2, 0.25) is 0 Å². The molecule has 0 saturated heterocycles. The fourth-order valence-electron chi connectivity index (χ4n) is 1.63. The molecular weight excluding hydrogens is 260 g/mol. The maximum Gasteiger partial charge on any atom is 0.323 e. The molecule has 0 radical (unpaired) electrons. The molecule has 0 fully saturated rings. The summed E-state index contributed by atoms with van der Waals surface area (Å²) in [6, 6.07) is 0.243. The molecule has 0 amide bonds. The van der Waals surface area contributed by atoms with Crippen molar-refractivity contribution < 1.29 is 9.84 Å². The lowest BCUT2D eigenvalue weighted by Gasteiger charge is -2.14. The fourth-order valence-corrected chi connectivity index (χ4v) is 1.63. The van der Waals surface area contributed by atoms with Gasteiger partial charge in [-0.2, -0.15) is 15.0 Å². The number of rotatable bonds is 10. The molecule has 0 aliphatic rings. The zero-order valence-electron chi connectivity index (χ0n) is 12.1. The number of nitrogens with zero attached hydrogens (tertiary/aromatic N) is 3. The van der Waals surface area contributed by atoms with Crippen LogP contribution in [0.5, 0.6) is 6.01 Å². The maximum atomic E-state index is 8.97. The predicted octanol–water partition coefficient (Wildman–Crippen LogP) is 0.766. The van der Waals surface area contributed by atoms with Crippen LogP contribution in [0.3, 0.4) is 0 Å². The van der Waals surface area contributed by atoms with Crippen LogP contribution in [0.4, 0.5) is 11.9 Å². The third-order valence-electron chi connectivity index (χ3n) is 2.84. The molecule has 0 aliphatic carbocycles. The molecule has 114 valence electrons. The molecule has 5 N–H and O–H groups in total. The summed E-state index contributed by atoms with van der Waals surface area (Å²) in [6.45, 7) is 5.48. The third kappa shape index (κ3) is 5.54. The first-order valence-electron chi connectivity index (χ1n) is 6.93. The van der Waals surface area contributed by atoms with Crippen molar-refractivity contribution in [1.82, 2.24) is 15.0 Å². The van der Waals surface area contributed by atoms with E-state index in [0.29, 0.717) is 25.0 Å². The van der Waals surface area contributed by atoms with Crippen LogP contribution in [-0.2, 0) is 0 Å². The highest BCUT2D eigenvalue weighted by Crippen LogP contribution is 2.13. The summed E-state index contributed by atoms with van der Waals surface area (Å²) in [5, 5.41) is 12.1. The Hall–Kier alpha value is -1.67. The van der Waals surface area contributed by atoms with Crippen molar-refractivity contribution in [3.8, 4) is 6.01 Å². The zero-order valence-corrected chi connectivity index (χ0v) is 12.1. The van der Waals surface area contributed by atoms with Crippen LogP contribution in [0.25, 0.3) is 0 Å². The van der Waals surface area contributed by atoms with E-state index in [1.54, 1.807) is 0 Å². The number of aromatic nitrogens is 3. The monoisotopic (exact) mass is 284 g/mol.